The number of fused-ring (bicyclic) bond motifs is 1. The van der Waals surface area contributed by atoms with Gasteiger partial charge in [0.15, 0.2) is 5.96 Å². The summed E-state index contributed by atoms with van der Waals surface area (Å²) in [6, 6.07) is 12.7. The minimum atomic E-state index is 0.0638. The highest BCUT2D eigenvalue weighted by Gasteiger charge is 2.26. The molecule has 2 atom stereocenters. The molecule has 3 heterocycles. The van der Waals surface area contributed by atoms with Gasteiger partial charge >= 0.3 is 0 Å². The number of benzene rings is 1. The lowest BCUT2D eigenvalue weighted by Gasteiger charge is -2.34. The standard InChI is InChI=1S/C23H31N5O2S/c1-16-7-8-21(31-16)20(28-9-11-30-12-10-28)15-26-23(24-2)25-14-17-13-22(29)27-19-6-4-3-5-18(17)19/h3-8,17,20H,9-15H2,1-2H3,(H,27,29)(H2,24,25,26). The van der Waals surface area contributed by atoms with Crippen molar-refractivity contribution in [3.8, 4) is 0 Å². The maximum absolute atomic E-state index is 12.1. The molecular formula is C23H31N5O2S. The molecule has 0 spiro atoms. The van der Waals surface area contributed by atoms with E-state index in [0.717, 1.165) is 44.5 Å². The van der Waals surface area contributed by atoms with Gasteiger partial charge < -0.3 is 20.7 Å². The molecule has 1 aromatic heterocycles. The highest BCUT2D eigenvalue weighted by Crippen LogP contribution is 2.31. The fourth-order valence-corrected chi connectivity index (χ4v) is 5.26. The number of nitrogens with one attached hydrogen (secondary N) is 3. The van der Waals surface area contributed by atoms with Gasteiger partial charge in [-0.1, -0.05) is 18.2 Å². The summed E-state index contributed by atoms with van der Waals surface area (Å²) in [5, 5.41) is 9.91. The van der Waals surface area contributed by atoms with Gasteiger partial charge in [-0.3, -0.25) is 14.7 Å². The number of aryl methyl sites for hydroxylation is 1. The summed E-state index contributed by atoms with van der Waals surface area (Å²) in [5.41, 5.74) is 2.08. The van der Waals surface area contributed by atoms with Crippen molar-refractivity contribution in [1.82, 2.24) is 15.5 Å². The third-order valence-electron chi connectivity index (χ3n) is 5.88. The summed E-state index contributed by atoms with van der Waals surface area (Å²) in [4.78, 5) is 21.7. The molecule has 166 valence electrons. The Morgan fingerprint density at radius 3 is 2.81 bits per heavy atom. The van der Waals surface area contributed by atoms with Crippen LogP contribution < -0.4 is 16.0 Å². The van der Waals surface area contributed by atoms with Gasteiger partial charge in [-0.2, -0.15) is 0 Å². The van der Waals surface area contributed by atoms with Gasteiger partial charge in [0.2, 0.25) is 5.91 Å². The number of thiophene rings is 1. The molecule has 0 bridgehead atoms. The molecule has 0 aliphatic carbocycles. The molecule has 1 fully saturated rings. The Morgan fingerprint density at radius 2 is 2.06 bits per heavy atom. The summed E-state index contributed by atoms with van der Waals surface area (Å²) in [6.07, 6.45) is 0.478. The number of rotatable bonds is 6. The lowest BCUT2D eigenvalue weighted by atomic mass is 9.90. The van der Waals surface area contributed by atoms with E-state index < -0.39 is 0 Å². The number of anilines is 1. The van der Waals surface area contributed by atoms with Gasteiger partial charge in [-0.15, -0.1) is 11.3 Å². The molecule has 1 aromatic carbocycles. The number of carbonyl (C=O) groups excluding carboxylic acids is 1. The van der Waals surface area contributed by atoms with E-state index in [0.29, 0.717) is 13.0 Å². The average Bonchev–Trinajstić information content (AvgIpc) is 3.22. The molecule has 1 saturated heterocycles. The summed E-state index contributed by atoms with van der Waals surface area (Å²) in [7, 11) is 1.79. The van der Waals surface area contributed by atoms with E-state index in [2.05, 4.69) is 51.0 Å². The molecule has 0 radical (unpaired) electrons. The smallest absolute Gasteiger partial charge is 0.225 e. The number of morpholine rings is 1. The molecule has 8 heteroatoms. The second-order valence-electron chi connectivity index (χ2n) is 7.98. The number of hydrogen-bond acceptors (Lipinski definition) is 5. The fourth-order valence-electron chi connectivity index (χ4n) is 4.25. The molecule has 4 rings (SSSR count). The number of carbonyl (C=O) groups is 1. The molecule has 2 aliphatic heterocycles. The van der Waals surface area contributed by atoms with Crippen molar-refractivity contribution in [2.45, 2.75) is 25.3 Å². The SMILES string of the molecule is CN=C(NCC1CC(=O)Nc2ccccc21)NCC(c1ccc(C)s1)N1CCOCC1. The molecule has 2 aromatic rings. The Morgan fingerprint density at radius 1 is 1.26 bits per heavy atom. The van der Waals surface area contributed by atoms with Gasteiger partial charge in [-0.25, -0.2) is 0 Å². The summed E-state index contributed by atoms with van der Waals surface area (Å²) in [6.45, 7) is 6.99. The Hall–Kier alpha value is -2.42. The van der Waals surface area contributed by atoms with Gasteiger partial charge in [0.05, 0.1) is 19.3 Å². The quantitative estimate of drug-likeness (QED) is 0.475. The monoisotopic (exact) mass is 441 g/mol. The molecule has 7 nitrogen and oxygen atoms in total. The number of nitrogens with zero attached hydrogens (tertiary/aromatic N) is 2. The fraction of sp³-hybridized carbons (Fsp3) is 0.478. The van der Waals surface area contributed by atoms with E-state index in [9.17, 15) is 4.79 Å². The summed E-state index contributed by atoms with van der Waals surface area (Å²) >= 11 is 1.85. The predicted octanol–water partition coefficient (Wildman–Crippen LogP) is 2.72. The van der Waals surface area contributed by atoms with Crippen LogP contribution in [0.5, 0.6) is 0 Å². The summed E-state index contributed by atoms with van der Waals surface area (Å²) < 4.78 is 5.55. The highest BCUT2D eigenvalue weighted by molar-refractivity contribution is 7.12. The summed E-state index contributed by atoms with van der Waals surface area (Å²) in [5.74, 6) is 0.947. The highest BCUT2D eigenvalue weighted by atomic mass is 32.1. The number of amides is 1. The minimum Gasteiger partial charge on any atom is -0.379 e. The molecular weight excluding hydrogens is 410 g/mol. The molecule has 2 unspecified atom stereocenters. The van der Waals surface area contributed by atoms with Crippen molar-refractivity contribution in [1.29, 1.82) is 0 Å². The van der Waals surface area contributed by atoms with Crippen LogP contribution in [0, 0.1) is 6.92 Å². The lowest BCUT2D eigenvalue weighted by Crippen LogP contribution is -2.47. The second kappa shape index (κ2) is 10.3. The normalized spacial score (nSPS) is 20.6. The van der Waals surface area contributed by atoms with Crippen LogP contribution in [0.2, 0.25) is 0 Å². The number of guanidine groups is 1. The molecule has 31 heavy (non-hydrogen) atoms. The van der Waals surface area contributed by atoms with Crippen LogP contribution in [0.4, 0.5) is 5.69 Å². The molecule has 2 aliphatic rings. The van der Waals surface area contributed by atoms with Crippen molar-refractivity contribution < 1.29 is 9.53 Å². The lowest BCUT2D eigenvalue weighted by molar-refractivity contribution is -0.116. The molecule has 1 amide bonds. The number of ether oxygens (including phenoxy) is 1. The van der Waals surface area contributed by atoms with Crippen LogP contribution in [-0.2, 0) is 9.53 Å². The molecule has 3 N–H and O–H groups in total. The average molecular weight is 442 g/mol. The van der Waals surface area contributed by atoms with E-state index in [-0.39, 0.29) is 17.9 Å². The van der Waals surface area contributed by atoms with Crippen LogP contribution in [0.25, 0.3) is 0 Å². The van der Waals surface area contributed by atoms with Crippen LogP contribution in [0.1, 0.15) is 33.7 Å². The van der Waals surface area contributed by atoms with E-state index in [1.54, 1.807) is 7.05 Å². The number of hydrogen-bond donors (Lipinski definition) is 3. The largest absolute Gasteiger partial charge is 0.379 e. The third-order valence-corrected chi connectivity index (χ3v) is 6.99. The second-order valence-corrected chi connectivity index (χ2v) is 9.30. The van der Waals surface area contributed by atoms with Crippen LogP contribution >= 0.6 is 11.3 Å². The van der Waals surface area contributed by atoms with Crippen molar-refractivity contribution in [2.24, 2.45) is 4.99 Å². The number of aliphatic imine (C=N–C) groups is 1. The Kier molecular flexibility index (Phi) is 7.21. The third kappa shape index (κ3) is 5.44. The van der Waals surface area contributed by atoms with Gasteiger partial charge in [0.25, 0.3) is 0 Å². The Bertz CT molecular complexity index is 922. The van der Waals surface area contributed by atoms with Crippen LogP contribution in [0.3, 0.4) is 0 Å². The van der Waals surface area contributed by atoms with Crippen LogP contribution in [0.15, 0.2) is 41.4 Å². The van der Waals surface area contributed by atoms with E-state index in [4.69, 9.17) is 4.74 Å². The van der Waals surface area contributed by atoms with E-state index >= 15 is 0 Å². The minimum absolute atomic E-state index is 0.0638. The Balaban J connectivity index is 1.38. The van der Waals surface area contributed by atoms with Crippen molar-refractivity contribution in [3.05, 3.63) is 51.7 Å². The zero-order valence-electron chi connectivity index (χ0n) is 18.2. The van der Waals surface area contributed by atoms with Crippen molar-refractivity contribution >= 4 is 28.9 Å². The van der Waals surface area contributed by atoms with Gasteiger partial charge in [-0.05, 0) is 30.7 Å². The van der Waals surface area contributed by atoms with Crippen molar-refractivity contribution in [2.75, 3.05) is 51.8 Å². The first-order valence-corrected chi connectivity index (χ1v) is 11.7. The Labute approximate surface area is 187 Å². The zero-order valence-corrected chi connectivity index (χ0v) is 19.0. The topological polar surface area (TPSA) is 78.0 Å². The van der Waals surface area contributed by atoms with Crippen molar-refractivity contribution in [3.63, 3.8) is 0 Å². The maximum Gasteiger partial charge on any atom is 0.225 e. The van der Waals surface area contributed by atoms with Gasteiger partial charge in [0.1, 0.15) is 0 Å². The maximum atomic E-state index is 12.1. The first kappa shape index (κ1) is 21.8. The first-order valence-electron chi connectivity index (χ1n) is 10.9. The van der Waals surface area contributed by atoms with E-state index in [1.165, 1.54) is 15.3 Å². The zero-order chi connectivity index (χ0) is 21.6. The van der Waals surface area contributed by atoms with Gasteiger partial charge in [0, 0.05) is 61.0 Å². The molecule has 0 saturated carbocycles. The van der Waals surface area contributed by atoms with E-state index in [1.807, 2.05) is 29.5 Å². The number of para-hydroxylation sites is 1. The first-order chi connectivity index (χ1) is 15.1. The predicted molar refractivity (Wildman–Crippen MR) is 126 cm³/mol. The van der Waals surface area contributed by atoms with Crippen LogP contribution in [-0.4, -0.2) is 63.2 Å².